The predicted molar refractivity (Wildman–Crippen MR) is 148 cm³/mol. The number of benzene rings is 2. The normalized spacial score (nSPS) is 11.8. The number of oxazole rings is 1. The number of nitrogens with zero attached hydrogens (tertiary/aromatic N) is 3. The largest absolute Gasteiger partial charge is 0.487 e. The Hall–Kier alpha value is -4.41. The molecule has 0 atom stereocenters. The van der Waals surface area contributed by atoms with Crippen LogP contribution in [-0.4, -0.2) is 27.3 Å². The number of hydrogen-bond donors (Lipinski definition) is 0. The van der Waals surface area contributed by atoms with Gasteiger partial charge in [0.2, 0.25) is 5.89 Å². The van der Waals surface area contributed by atoms with E-state index >= 15 is 0 Å². The zero-order valence-corrected chi connectivity index (χ0v) is 23.3. The van der Waals surface area contributed by atoms with E-state index in [0.717, 1.165) is 49.1 Å². The number of esters is 1. The van der Waals surface area contributed by atoms with E-state index in [0.29, 0.717) is 24.1 Å². The number of aromatic nitrogens is 3. The van der Waals surface area contributed by atoms with Gasteiger partial charge in [-0.25, -0.2) is 9.37 Å². The van der Waals surface area contributed by atoms with Crippen molar-refractivity contribution >= 4 is 18.1 Å². The molecule has 0 unspecified atom stereocenters. The molecule has 0 aliphatic rings. The lowest BCUT2D eigenvalue weighted by atomic mass is 10.0. The molecule has 0 aliphatic carbocycles. The third kappa shape index (κ3) is 8.79. The minimum atomic E-state index is -4.61. The fraction of sp³-hybridized carbons (Fsp3) is 0.323. The van der Waals surface area contributed by atoms with Crippen LogP contribution in [0.3, 0.4) is 0 Å². The Kier molecular flexibility index (Phi) is 10.2. The van der Waals surface area contributed by atoms with E-state index in [9.17, 15) is 22.4 Å². The molecule has 0 saturated heterocycles. The molecule has 2 aromatic heterocycles. The molecule has 2 heterocycles. The van der Waals surface area contributed by atoms with E-state index in [4.69, 9.17) is 13.9 Å². The number of alkyl halides is 3. The Morgan fingerprint density at radius 1 is 1.05 bits per heavy atom. The zero-order chi connectivity index (χ0) is 30.1. The fourth-order valence-electron chi connectivity index (χ4n) is 4.25. The number of halogens is 4. The van der Waals surface area contributed by atoms with Crippen LogP contribution in [0.15, 0.2) is 59.3 Å². The van der Waals surface area contributed by atoms with Gasteiger partial charge in [0.15, 0.2) is 0 Å². The molecule has 0 spiro atoms. The Morgan fingerprint density at radius 3 is 2.60 bits per heavy atom. The van der Waals surface area contributed by atoms with Crippen LogP contribution in [0.1, 0.15) is 59.3 Å². The first-order chi connectivity index (χ1) is 20.1. The summed E-state index contributed by atoms with van der Waals surface area (Å²) in [5.41, 5.74) is 2.71. The van der Waals surface area contributed by atoms with Crippen molar-refractivity contribution < 1.29 is 36.2 Å². The summed E-state index contributed by atoms with van der Waals surface area (Å²) in [5, 5.41) is 4.43. The molecule has 0 fully saturated rings. The third-order valence-corrected chi connectivity index (χ3v) is 6.42. The summed E-state index contributed by atoms with van der Waals surface area (Å²) in [6.07, 6.45) is 4.94. The van der Waals surface area contributed by atoms with Gasteiger partial charge in [-0.15, -0.1) is 0 Å². The summed E-state index contributed by atoms with van der Waals surface area (Å²) in [6, 6.07) is 10.1. The van der Waals surface area contributed by atoms with Gasteiger partial charge in [0, 0.05) is 17.8 Å². The third-order valence-electron chi connectivity index (χ3n) is 6.42. The molecule has 4 rings (SSSR count). The van der Waals surface area contributed by atoms with Crippen LogP contribution < -0.4 is 4.74 Å². The lowest BCUT2D eigenvalue weighted by Crippen LogP contribution is -2.13. The number of unbranched alkanes of at least 4 members (excludes halogenated alkanes) is 1. The maximum atomic E-state index is 14.0. The van der Waals surface area contributed by atoms with Crippen molar-refractivity contribution in [2.75, 3.05) is 6.61 Å². The first-order valence-corrected chi connectivity index (χ1v) is 13.5. The highest BCUT2D eigenvalue weighted by atomic mass is 19.4. The number of hydrogen-bond acceptors (Lipinski definition) is 6. The molecule has 0 aliphatic heterocycles. The molecule has 7 nitrogen and oxygen atoms in total. The van der Waals surface area contributed by atoms with Crippen molar-refractivity contribution in [2.24, 2.45) is 0 Å². The Bertz CT molecular complexity index is 1520. The van der Waals surface area contributed by atoms with E-state index in [1.54, 1.807) is 17.8 Å². The van der Waals surface area contributed by atoms with Crippen LogP contribution in [0.2, 0.25) is 0 Å². The maximum Gasteiger partial charge on any atom is 0.416 e. The first kappa shape index (κ1) is 30.5. The number of carbonyl (C=O) groups excluding carboxylic acids is 1. The molecule has 11 heteroatoms. The summed E-state index contributed by atoms with van der Waals surface area (Å²) < 4.78 is 69.9. The van der Waals surface area contributed by atoms with E-state index in [2.05, 4.69) is 10.1 Å². The fourth-order valence-corrected chi connectivity index (χ4v) is 4.25. The SMILES string of the molecule is CCOC(=O)Cn1ccc(CCCCc2ccc(OCc3coc(/C=C/c4ccc(C(F)(F)F)cc4F)n3)cc2C)n1. The average molecular weight is 586 g/mol. The molecule has 0 N–H and O–H groups in total. The topological polar surface area (TPSA) is 79.4 Å². The second kappa shape index (κ2) is 14.0. The van der Waals surface area contributed by atoms with Crippen molar-refractivity contribution in [3.8, 4) is 5.75 Å². The predicted octanol–water partition coefficient (Wildman–Crippen LogP) is 7.22. The van der Waals surface area contributed by atoms with E-state index < -0.39 is 17.6 Å². The second-order valence-electron chi connectivity index (χ2n) is 9.64. The molecule has 222 valence electrons. The van der Waals surface area contributed by atoms with Crippen LogP contribution in [0.25, 0.3) is 12.2 Å². The molecule has 0 bridgehead atoms. The highest BCUT2D eigenvalue weighted by Crippen LogP contribution is 2.30. The second-order valence-corrected chi connectivity index (χ2v) is 9.64. The van der Waals surface area contributed by atoms with Gasteiger partial charge in [0.1, 0.15) is 36.7 Å². The van der Waals surface area contributed by atoms with Crippen molar-refractivity contribution in [1.82, 2.24) is 14.8 Å². The van der Waals surface area contributed by atoms with E-state index in [1.165, 1.54) is 24.0 Å². The van der Waals surface area contributed by atoms with Gasteiger partial charge in [-0.1, -0.05) is 12.1 Å². The lowest BCUT2D eigenvalue weighted by molar-refractivity contribution is -0.144. The summed E-state index contributed by atoms with van der Waals surface area (Å²) >= 11 is 0. The Balaban J connectivity index is 1.22. The van der Waals surface area contributed by atoms with Gasteiger partial charge in [-0.05, 0) is 87.1 Å². The molecule has 0 radical (unpaired) electrons. The minimum absolute atomic E-state index is 0.0172. The smallest absolute Gasteiger partial charge is 0.416 e. The van der Waals surface area contributed by atoms with E-state index in [-0.39, 0.29) is 30.6 Å². The molecular formula is C31H31F4N3O4. The van der Waals surface area contributed by atoms with Gasteiger partial charge in [-0.2, -0.15) is 18.3 Å². The average Bonchev–Trinajstić information content (AvgIpc) is 3.59. The minimum Gasteiger partial charge on any atom is -0.487 e. The van der Waals surface area contributed by atoms with Gasteiger partial charge in [0.05, 0.1) is 17.9 Å². The van der Waals surface area contributed by atoms with Gasteiger partial charge < -0.3 is 13.9 Å². The Labute approximate surface area is 240 Å². The van der Waals surface area contributed by atoms with Gasteiger partial charge >= 0.3 is 12.1 Å². The highest BCUT2D eigenvalue weighted by Gasteiger charge is 2.31. The molecule has 2 aromatic carbocycles. The van der Waals surface area contributed by atoms with Crippen LogP contribution >= 0.6 is 0 Å². The maximum absolute atomic E-state index is 14.0. The van der Waals surface area contributed by atoms with Crippen LogP contribution in [-0.2, 0) is 41.7 Å². The summed E-state index contributed by atoms with van der Waals surface area (Å²) in [7, 11) is 0. The molecule has 0 saturated carbocycles. The number of carbonyl (C=O) groups is 1. The van der Waals surface area contributed by atoms with Crippen molar-refractivity contribution in [2.45, 2.75) is 58.9 Å². The van der Waals surface area contributed by atoms with Crippen molar-refractivity contribution in [3.05, 3.63) is 100 Å². The number of aryl methyl sites for hydroxylation is 3. The van der Waals surface area contributed by atoms with Crippen molar-refractivity contribution in [1.29, 1.82) is 0 Å². The van der Waals surface area contributed by atoms with Gasteiger partial charge in [0.25, 0.3) is 0 Å². The number of rotatable bonds is 13. The summed E-state index contributed by atoms with van der Waals surface area (Å²) in [6.45, 7) is 4.41. The van der Waals surface area contributed by atoms with Crippen molar-refractivity contribution in [3.63, 3.8) is 0 Å². The standard InChI is InChI=1S/C31H31F4N3O4/c1-3-40-30(39)18-38-15-14-25(37-38)7-5-4-6-22-9-12-27(16-21(22)2)41-19-26-20-42-29(36-26)13-10-23-8-11-24(17-28(23)32)31(33,34)35/h8-17,20H,3-7,18-19H2,1-2H3/b13-10+. The Morgan fingerprint density at radius 2 is 1.86 bits per heavy atom. The first-order valence-electron chi connectivity index (χ1n) is 13.5. The molecule has 42 heavy (non-hydrogen) atoms. The summed E-state index contributed by atoms with van der Waals surface area (Å²) in [4.78, 5) is 15.8. The molecular weight excluding hydrogens is 554 g/mol. The quantitative estimate of drug-likeness (QED) is 0.0937. The van der Waals surface area contributed by atoms with Crippen LogP contribution in [0, 0.1) is 12.7 Å². The van der Waals surface area contributed by atoms with E-state index in [1.807, 2.05) is 31.2 Å². The molecule has 0 amide bonds. The summed E-state index contributed by atoms with van der Waals surface area (Å²) in [5.74, 6) is -0.444. The molecule has 4 aromatic rings. The zero-order valence-electron chi connectivity index (χ0n) is 23.3. The monoisotopic (exact) mass is 585 g/mol. The van der Waals surface area contributed by atoms with Gasteiger partial charge in [-0.3, -0.25) is 9.48 Å². The van der Waals surface area contributed by atoms with Crippen LogP contribution in [0.4, 0.5) is 17.6 Å². The number of ether oxygens (including phenoxy) is 2. The highest BCUT2D eigenvalue weighted by molar-refractivity contribution is 5.69. The van der Waals surface area contributed by atoms with Crippen LogP contribution in [0.5, 0.6) is 5.75 Å². The lowest BCUT2D eigenvalue weighted by Gasteiger charge is -2.09.